The van der Waals surface area contributed by atoms with Crippen LogP contribution in [0.3, 0.4) is 0 Å². The van der Waals surface area contributed by atoms with E-state index in [1.54, 1.807) is 0 Å². The van der Waals surface area contributed by atoms with Gasteiger partial charge in [-0.3, -0.25) is 4.79 Å². The van der Waals surface area contributed by atoms with Crippen LogP contribution in [-0.4, -0.2) is 5.24 Å². The fraction of sp³-hybridized carbons (Fsp3) is 0.125. The van der Waals surface area contributed by atoms with Crippen LogP contribution in [0, 0.1) is 0 Å². The SMILES string of the molecule is C=C/C(F)=C(\C=C)CC(=O)Cl. The Morgan fingerprint density at radius 1 is 1.45 bits per heavy atom. The van der Waals surface area contributed by atoms with E-state index in [1.807, 2.05) is 0 Å². The molecule has 0 aliphatic carbocycles. The molecular weight excluding hydrogens is 167 g/mol. The van der Waals surface area contributed by atoms with Gasteiger partial charge in [-0.05, 0) is 23.3 Å². The molecule has 0 N–H and O–H groups in total. The Kier molecular flexibility index (Phi) is 4.46. The highest BCUT2D eigenvalue weighted by Crippen LogP contribution is 2.13. The van der Waals surface area contributed by atoms with Crippen LogP contribution in [0.1, 0.15) is 6.42 Å². The van der Waals surface area contributed by atoms with Crippen molar-refractivity contribution in [2.24, 2.45) is 0 Å². The zero-order valence-corrected chi connectivity index (χ0v) is 6.70. The highest BCUT2D eigenvalue weighted by molar-refractivity contribution is 6.63. The van der Waals surface area contributed by atoms with Gasteiger partial charge in [0.05, 0.1) is 0 Å². The molecule has 0 spiro atoms. The molecule has 0 aliphatic rings. The van der Waals surface area contributed by atoms with Gasteiger partial charge in [0, 0.05) is 6.42 Å². The number of halogens is 2. The van der Waals surface area contributed by atoms with Crippen molar-refractivity contribution in [3.63, 3.8) is 0 Å². The average molecular weight is 175 g/mol. The van der Waals surface area contributed by atoms with Crippen molar-refractivity contribution < 1.29 is 9.18 Å². The van der Waals surface area contributed by atoms with Gasteiger partial charge in [-0.25, -0.2) is 4.39 Å². The summed E-state index contributed by atoms with van der Waals surface area (Å²) >= 11 is 5.03. The molecule has 1 nitrogen and oxygen atoms in total. The zero-order chi connectivity index (χ0) is 8.85. The minimum atomic E-state index is -0.614. The van der Waals surface area contributed by atoms with Crippen LogP contribution >= 0.6 is 11.6 Å². The first-order chi connectivity index (χ1) is 5.11. The van der Waals surface area contributed by atoms with Crippen molar-refractivity contribution in [1.82, 2.24) is 0 Å². The van der Waals surface area contributed by atoms with Crippen LogP contribution in [-0.2, 0) is 4.79 Å². The lowest BCUT2D eigenvalue weighted by Crippen LogP contribution is -1.89. The van der Waals surface area contributed by atoms with E-state index in [4.69, 9.17) is 11.6 Å². The minimum absolute atomic E-state index is 0.150. The molecule has 0 aromatic rings. The number of carbonyl (C=O) groups excluding carboxylic acids is 1. The summed E-state index contributed by atoms with van der Waals surface area (Å²) < 4.78 is 12.6. The predicted octanol–water partition coefficient (Wildman–Crippen LogP) is 2.74. The summed E-state index contributed by atoms with van der Waals surface area (Å²) in [4.78, 5) is 10.3. The molecule has 60 valence electrons. The minimum Gasteiger partial charge on any atom is -0.281 e. The Balaban J connectivity index is 4.51. The van der Waals surface area contributed by atoms with Crippen LogP contribution in [0.2, 0.25) is 0 Å². The molecule has 0 bridgehead atoms. The fourth-order valence-electron chi connectivity index (χ4n) is 0.535. The zero-order valence-electron chi connectivity index (χ0n) is 5.94. The number of rotatable bonds is 4. The number of allylic oxidation sites excluding steroid dienone is 4. The van der Waals surface area contributed by atoms with E-state index in [9.17, 15) is 9.18 Å². The third-order valence-corrected chi connectivity index (χ3v) is 1.20. The summed E-state index contributed by atoms with van der Waals surface area (Å²) in [6.07, 6.45) is 2.11. The molecule has 0 rings (SSSR count). The molecule has 0 radical (unpaired) electrons. The molecule has 0 aromatic carbocycles. The summed E-state index contributed by atoms with van der Waals surface area (Å²) in [5.41, 5.74) is 0.167. The Morgan fingerprint density at radius 3 is 2.27 bits per heavy atom. The molecule has 0 aromatic heterocycles. The molecule has 0 aliphatic heterocycles. The molecule has 0 fully saturated rings. The molecule has 0 atom stereocenters. The maximum absolute atomic E-state index is 12.6. The Labute approximate surface area is 69.9 Å². The van der Waals surface area contributed by atoms with E-state index in [2.05, 4.69) is 13.2 Å². The van der Waals surface area contributed by atoms with E-state index in [-0.39, 0.29) is 12.0 Å². The van der Waals surface area contributed by atoms with Gasteiger partial charge in [-0.1, -0.05) is 19.2 Å². The summed E-state index contributed by atoms with van der Waals surface area (Å²) in [5, 5.41) is -0.614. The van der Waals surface area contributed by atoms with Crippen molar-refractivity contribution in [3.8, 4) is 0 Å². The van der Waals surface area contributed by atoms with Crippen LogP contribution in [0.5, 0.6) is 0 Å². The lowest BCUT2D eigenvalue weighted by molar-refractivity contribution is -0.111. The summed E-state index contributed by atoms with van der Waals surface area (Å²) in [7, 11) is 0. The van der Waals surface area contributed by atoms with Gasteiger partial charge in [0.15, 0.2) is 0 Å². The average Bonchev–Trinajstić information content (AvgIpc) is 1.98. The van der Waals surface area contributed by atoms with Gasteiger partial charge in [0.2, 0.25) is 5.24 Å². The Morgan fingerprint density at radius 2 is 2.00 bits per heavy atom. The second-order valence-electron chi connectivity index (χ2n) is 1.81. The number of hydrogen-bond acceptors (Lipinski definition) is 1. The second kappa shape index (κ2) is 4.85. The first kappa shape index (κ1) is 10.1. The lowest BCUT2D eigenvalue weighted by atomic mass is 10.2. The molecular formula is C8H8ClFO. The van der Waals surface area contributed by atoms with Gasteiger partial charge >= 0.3 is 0 Å². The molecule has 0 saturated carbocycles. The molecule has 0 heterocycles. The molecule has 0 saturated heterocycles. The van der Waals surface area contributed by atoms with Gasteiger partial charge in [-0.2, -0.15) is 0 Å². The molecule has 0 unspecified atom stereocenters. The molecule has 0 amide bonds. The number of carbonyl (C=O) groups is 1. The summed E-state index contributed by atoms with van der Waals surface area (Å²) in [6.45, 7) is 6.53. The van der Waals surface area contributed by atoms with Crippen LogP contribution in [0.15, 0.2) is 36.7 Å². The first-order valence-electron chi connectivity index (χ1n) is 2.93. The van der Waals surface area contributed by atoms with Gasteiger partial charge in [0.1, 0.15) is 5.83 Å². The molecule has 3 heteroatoms. The Hall–Kier alpha value is -0.890. The topological polar surface area (TPSA) is 17.1 Å². The van der Waals surface area contributed by atoms with E-state index in [1.165, 1.54) is 6.08 Å². The van der Waals surface area contributed by atoms with Crippen LogP contribution < -0.4 is 0 Å². The quantitative estimate of drug-likeness (QED) is 0.473. The highest BCUT2D eigenvalue weighted by atomic mass is 35.5. The van der Waals surface area contributed by atoms with Crippen molar-refractivity contribution in [3.05, 3.63) is 36.7 Å². The molecule has 11 heavy (non-hydrogen) atoms. The van der Waals surface area contributed by atoms with E-state index >= 15 is 0 Å². The normalized spacial score (nSPS) is 11.8. The van der Waals surface area contributed by atoms with Gasteiger partial charge < -0.3 is 0 Å². The largest absolute Gasteiger partial charge is 0.281 e. The standard InChI is InChI=1S/C8H8ClFO/c1-3-6(5-8(9)11)7(10)4-2/h3-4H,1-2,5H2/b7-6-. The Bertz CT molecular complexity index is 218. The second-order valence-corrected chi connectivity index (χ2v) is 2.23. The van der Waals surface area contributed by atoms with Crippen molar-refractivity contribution >= 4 is 16.8 Å². The fourth-order valence-corrected chi connectivity index (χ4v) is 0.679. The predicted molar refractivity (Wildman–Crippen MR) is 44.0 cm³/mol. The van der Waals surface area contributed by atoms with Gasteiger partial charge in [-0.15, -0.1) is 0 Å². The van der Waals surface area contributed by atoms with Gasteiger partial charge in [0.25, 0.3) is 0 Å². The van der Waals surface area contributed by atoms with Crippen LogP contribution in [0.4, 0.5) is 4.39 Å². The maximum Gasteiger partial charge on any atom is 0.226 e. The van der Waals surface area contributed by atoms with Crippen molar-refractivity contribution in [2.75, 3.05) is 0 Å². The third kappa shape index (κ3) is 3.73. The van der Waals surface area contributed by atoms with Crippen molar-refractivity contribution in [2.45, 2.75) is 6.42 Å². The van der Waals surface area contributed by atoms with Crippen molar-refractivity contribution in [1.29, 1.82) is 0 Å². The van der Waals surface area contributed by atoms with E-state index in [0.29, 0.717) is 0 Å². The summed E-state index contributed by atoms with van der Waals surface area (Å²) in [6, 6.07) is 0. The van der Waals surface area contributed by atoms with Crippen LogP contribution in [0.25, 0.3) is 0 Å². The lowest BCUT2D eigenvalue weighted by Gasteiger charge is -1.96. The third-order valence-electron chi connectivity index (χ3n) is 1.06. The van der Waals surface area contributed by atoms with E-state index in [0.717, 1.165) is 6.08 Å². The maximum atomic E-state index is 12.6. The van der Waals surface area contributed by atoms with E-state index < -0.39 is 11.1 Å². The summed E-state index contributed by atoms with van der Waals surface area (Å²) in [5.74, 6) is -0.561. The monoisotopic (exact) mass is 174 g/mol. The first-order valence-corrected chi connectivity index (χ1v) is 3.31. The number of hydrogen-bond donors (Lipinski definition) is 0. The highest BCUT2D eigenvalue weighted by Gasteiger charge is 2.03. The smallest absolute Gasteiger partial charge is 0.226 e.